The minimum atomic E-state index is -1.14. The SMILES string of the molecule is C=CCOc1cc(C(=O)O)cc(C#N)c1OCC=C. The molecule has 0 bridgehead atoms. The summed E-state index contributed by atoms with van der Waals surface area (Å²) in [5.41, 5.74) is 0.0578. The molecule has 0 aromatic heterocycles. The van der Waals surface area contributed by atoms with Gasteiger partial charge in [0.2, 0.25) is 0 Å². The van der Waals surface area contributed by atoms with Crippen LogP contribution in [0.15, 0.2) is 37.4 Å². The first-order valence-electron chi connectivity index (χ1n) is 5.42. The summed E-state index contributed by atoms with van der Waals surface area (Å²) in [6, 6.07) is 4.44. The van der Waals surface area contributed by atoms with Crippen LogP contribution in [0, 0.1) is 11.3 Å². The van der Waals surface area contributed by atoms with Gasteiger partial charge in [-0.2, -0.15) is 5.26 Å². The van der Waals surface area contributed by atoms with Gasteiger partial charge < -0.3 is 14.6 Å². The lowest BCUT2D eigenvalue weighted by molar-refractivity contribution is 0.0696. The molecule has 0 saturated carbocycles. The molecule has 5 nitrogen and oxygen atoms in total. The molecule has 0 aliphatic carbocycles. The predicted octanol–water partition coefficient (Wildman–Crippen LogP) is 2.39. The van der Waals surface area contributed by atoms with E-state index in [0.717, 1.165) is 0 Å². The van der Waals surface area contributed by atoms with E-state index in [-0.39, 0.29) is 35.8 Å². The Hall–Kier alpha value is -2.74. The van der Waals surface area contributed by atoms with Crippen LogP contribution in [0.5, 0.6) is 11.5 Å². The summed E-state index contributed by atoms with van der Waals surface area (Å²) in [6.07, 6.45) is 3.03. The number of benzene rings is 1. The highest BCUT2D eigenvalue weighted by Gasteiger charge is 2.16. The minimum Gasteiger partial charge on any atom is -0.486 e. The number of nitrogens with zero attached hydrogens (tertiary/aromatic N) is 1. The van der Waals surface area contributed by atoms with E-state index in [1.54, 1.807) is 0 Å². The third-order valence-corrected chi connectivity index (χ3v) is 2.12. The third-order valence-electron chi connectivity index (χ3n) is 2.12. The van der Waals surface area contributed by atoms with Crippen LogP contribution in [0.1, 0.15) is 15.9 Å². The fourth-order valence-electron chi connectivity index (χ4n) is 1.36. The summed E-state index contributed by atoms with van der Waals surface area (Å²) in [6.45, 7) is 7.38. The fraction of sp³-hybridized carbons (Fsp3) is 0.143. The van der Waals surface area contributed by atoms with Crippen LogP contribution in [-0.2, 0) is 0 Å². The van der Waals surface area contributed by atoms with Crippen LogP contribution in [0.4, 0.5) is 0 Å². The Morgan fingerprint density at radius 3 is 2.47 bits per heavy atom. The molecule has 1 rings (SSSR count). The van der Waals surface area contributed by atoms with Gasteiger partial charge in [-0.25, -0.2) is 4.79 Å². The van der Waals surface area contributed by atoms with Gasteiger partial charge in [0.25, 0.3) is 0 Å². The molecule has 0 unspecified atom stereocenters. The van der Waals surface area contributed by atoms with E-state index in [1.807, 2.05) is 6.07 Å². The molecule has 1 N–H and O–H groups in total. The van der Waals surface area contributed by atoms with Gasteiger partial charge in [0.1, 0.15) is 19.3 Å². The molecule has 0 amide bonds. The van der Waals surface area contributed by atoms with Crippen LogP contribution in [0.2, 0.25) is 0 Å². The molecule has 1 aromatic rings. The second-order valence-electron chi connectivity index (χ2n) is 3.47. The highest BCUT2D eigenvalue weighted by molar-refractivity contribution is 5.89. The Bertz CT molecular complexity index is 543. The van der Waals surface area contributed by atoms with Crippen molar-refractivity contribution < 1.29 is 19.4 Å². The zero-order valence-corrected chi connectivity index (χ0v) is 10.3. The number of hydrogen-bond donors (Lipinski definition) is 1. The number of nitriles is 1. The van der Waals surface area contributed by atoms with Crippen molar-refractivity contribution in [3.8, 4) is 17.6 Å². The first-order valence-corrected chi connectivity index (χ1v) is 5.42. The van der Waals surface area contributed by atoms with Crippen LogP contribution < -0.4 is 9.47 Å². The van der Waals surface area contributed by atoms with Gasteiger partial charge in [0.05, 0.1) is 11.1 Å². The van der Waals surface area contributed by atoms with Gasteiger partial charge in [-0.05, 0) is 12.1 Å². The van der Waals surface area contributed by atoms with E-state index in [4.69, 9.17) is 19.8 Å². The zero-order valence-electron chi connectivity index (χ0n) is 10.3. The molecular formula is C14H13NO4. The van der Waals surface area contributed by atoms with Crippen molar-refractivity contribution in [2.75, 3.05) is 13.2 Å². The minimum absolute atomic E-state index is 0.0402. The van der Waals surface area contributed by atoms with E-state index < -0.39 is 5.97 Å². The van der Waals surface area contributed by atoms with E-state index in [2.05, 4.69) is 13.2 Å². The lowest BCUT2D eigenvalue weighted by Gasteiger charge is -2.13. The standard InChI is InChI=1S/C14H13NO4/c1-3-5-18-12-8-10(14(16)17)7-11(9-15)13(12)19-6-4-2/h3-4,7-8H,1-2,5-6H2,(H,16,17). The molecule has 0 heterocycles. The average Bonchev–Trinajstić information content (AvgIpc) is 2.42. The van der Waals surface area contributed by atoms with Crippen LogP contribution in [0.25, 0.3) is 0 Å². The van der Waals surface area contributed by atoms with Crippen LogP contribution in [0.3, 0.4) is 0 Å². The predicted molar refractivity (Wildman–Crippen MR) is 69.5 cm³/mol. The first kappa shape index (κ1) is 14.3. The van der Waals surface area contributed by atoms with Gasteiger partial charge in [-0.15, -0.1) is 0 Å². The van der Waals surface area contributed by atoms with Gasteiger partial charge in [0, 0.05) is 0 Å². The van der Waals surface area contributed by atoms with E-state index in [1.165, 1.54) is 24.3 Å². The van der Waals surface area contributed by atoms with Gasteiger partial charge in [-0.1, -0.05) is 25.3 Å². The highest BCUT2D eigenvalue weighted by atomic mass is 16.5. The highest BCUT2D eigenvalue weighted by Crippen LogP contribution is 2.33. The molecule has 0 aliphatic heterocycles. The summed E-state index contributed by atoms with van der Waals surface area (Å²) in [4.78, 5) is 11.0. The molecule has 0 fully saturated rings. The smallest absolute Gasteiger partial charge is 0.335 e. The van der Waals surface area contributed by atoms with Crippen molar-refractivity contribution in [1.29, 1.82) is 5.26 Å². The number of carboxylic acids is 1. The van der Waals surface area contributed by atoms with E-state index in [9.17, 15) is 4.79 Å². The number of carboxylic acid groups (broad SMARTS) is 1. The molecule has 98 valence electrons. The van der Waals surface area contributed by atoms with E-state index in [0.29, 0.717) is 0 Å². The Balaban J connectivity index is 3.29. The van der Waals surface area contributed by atoms with Crippen LogP contribution >= 0.6 is 0 Å². The Morgan fingerprint density at radius 1 is 1.32 bits per heavy atom. The average molecular weight is 259 g/mol. The quantitative estimate of drug-likeness (QED) is 0.760. The van der Waals surface area contributed by atoms with Crippen molar-refractivity contribution in [2.24, 2.45) is 0 Å². The Labute approximate surface area is 111 Å². The van der Waals surface area contributed by atoms with Gasteiger partial charge in [0.15, 0.2) is 11.5 Å². The molecule has 0 saturated heterocycles. The van der Waals surface area contributed by atoms with E-state index >= 15 is 0 Å². The van der Waals surface area contributed by atoms with Crippen molar-refractivity contribution in [3.63, 3.8) is 0 Å². The number of aromatic carboxylic acids is 1. The summed E-state index contributed by atoms with van der Waals surface area (Å²) < 4.78 is 10.7. The summed E-state index contributed by atoms with van der Waals surface area (Å²) in [7, 11) is 0. The summed E-state index contributed by atoms with van der Waals surface area (Å²) >= 11 is 0. The van der Waals surface area contributed by atoms with Gasteiger partial charge in [-0.3, -0.25) is 0 Å². The third kappa shape index (κ3) is 3.61. The molecule has 19 heavy (non-hydrogen) atoms. The maximum Gasteiger partial charge on any atom is 0.335 e. The molecular weight excluding hydrogens is 246 g/mol. The maximum atomic E-state index is 11.0. The lowest BCUT2D eigenvalue weighted by atomic mass is 10.1. The van der Waals surface area contributed by atoms with Crippen molar-refractivity contribution in [2.45, 2.75) is 0 Å². The molecule has 0 aliphatic rings. The summed E-state index contributed by atoms with van der Waals surface area (Å²) in [5.74, 6) is -0.748. The van der Waals surface area contributed by atoms with Gasteiger partial charge >= 0.3 is 5.97 Å². The second-order valence-corrected chi connectivity index (χ2v) is 3.47. The number of rotatable bonds is 7. The van der Waals surface area contributed by atoms with Crippen molar-refractivity contribution >= 4 is 5.97 Å². The van der Waals surface area contributed by atoms with Crippen LogP contribution in [-0.4, -0.2) is 24.3 Å². The molecule has 0 atom stereocenters. The number of hydrogen-bond acceptors (Lipinski definition) is 4. The van der Waals surface area contributed by atoms with Crippen molar-refractivity contribution in [1.82, 2.24) is 0 Å². The molecule has 5 heteroatoms. The zero-order chi connectivity index (χ0) is 14.3. The number of carbonyl (C=O) groups is 1. The fourth-order valence-corrected chi connectivity index (χ4v) is 1.36. The first-order chi connectivity index (χ1) is 9.13. The number of ether oxygens (including phenoxy) is 2. The molecule has 0 radical (unpaired) electrons. The Morgan fingerprint density at radius 2 is 1.95 bits per heavy atom. The largest absolute Gasteiger partial charge is 0.486 e. The topological polar surface area (TPSA) is 79.5 Å². The maximum absolute atomic E-state index is 11.0. The Kier molecular flexibility index (Phi) is 5.17. The monoisotopic (exact) mass is 259 g/mol. The van der Waals surface area contributed by atoms with Crippen molar-refractivity contribution in [3.05, 3.63) is 48.6 Å². The lowest BCUT2D eigenvalue weighted by Crippen LogP contribution is -2.05. The second kappa shape index (κ2) is 6.87. The normalized spacial score (nSPS) is 9.21. The molecule has 1 aromatic carbocycles. The molecule has 0 spiro atoms. The summed E-state index contributed by atoms with van der Waals surface area (Å²) in [5, 5.41) is 18.0.